The summed E-state index contributed by atoms with van der Waals surface area (Å²) in [6, 6.07) is 6.43. The van der Waals surface area contributed by atoms with Crippen molar-refractivity contribution in [2.75, 3.05) is 52.5 Å². The van der Waals surface area contributed by atoms with Crippen molar-refractivity contribution in [3.8, 4) is 5.75 Å². The monoisotopic (exact) mass is 447 g/mol. The minimum atomic E-state index is -0.255. The van der Waals surface area contributed by atoms with Crippen molar-refractivity contribution >= 4 is 5.91 Å². The van der Waals surface area contributed by atoms with Crippen LogP contribution in [0, 0.1) is 5.82 Å². The Bertz CT molecular complexity index is 718. The Morgan fingerprint density at radius 2 is 1.84 bits per heavy atom. The lowest BCUT2D eigenvalue weighted by Gasteiger charge is -2.50. The van der Waals surface area contributed by atoms with E-state index < -0.39 is 0 Å². The molecule has 1 aromatic carbocycles. The van der Waals surface area contributed by atoms with Crippen molar-refractivity contribution in [3.63, 3.8) is 0 Å². The van der Waals surface area contributed by atoms with E-state index in [-0.39, 0.29) is 11.4 Å². The van der Waals surface area contributed by atoms with Crippen LogP contribution < -0.4 is 10.1 Å². The molecule has 6 nitrogen and oxygen atoms in total. The fraction of sp³-hybridized carbons (Fsp3) is 0.720. The zero-order valence-electron chi connectivity index (χ0n) is 19.2. The summed E-state index contributed by atoms with van der Waals surface area (Å²) in [7, 11) is 0. The number of amides is 1. The number of nitrogens with zero attached hydrogens (tertiary/aromatic N) is 2. The summed E-state index contributed by atoms with van der Waals surface area (Å²) < 4.78 is 24.2. The lowest BCUT2D eigenvalue weighted by Crippen LogP contribution is -2.60. The van der Waals surface area contributed by atoms with Gasteiger partial charge in [-0.1, -0.05) is 19.3 Å². The minimum absolute atomic E-state index is 0.136. The molecule has 1 aliphatic carbocycles. The number of hydrogen-bond donors (Lipinski definition) is 1. The van der Waals surface area contributed by atoms with E-state index in [0.29, 0.717) is 30.7 Å². The van der Waals surface area contributed by atoms with Crippen molar-refractivity contribution in [1.82, 2.24) is 15.1 Å². The van der Waals surface area contributed by atoms with Crippen molar-refractivity contribution in [1.29, 1.82) is 0 Å². The van der Waals surface area contributed by atoms with Crippen LogP contribution in [0.4, 0.5) is 4.39 Å². The van der Waals surface area contributed by atoms with E-state index in [1.54, 1.807) is 12.1 Å². The summed E-state index contributed by atoms with van der Waals surface area (Å²) in [6.45, 7) is 6.61. The summed E-state index contributed by atoms with van der Waals surface area (Å²) in [6.07, 6.45) is 8.85. The molecular formula is C25H38FN3O3. The van der Waals surface area contributed by atoms with Crippen molar-refractivity contribution in [2.24, 2.45) is 0 Å². The maximum absolute atomic E-state index is 13.0. The van der Waals surface area contributed by atoms with E-state index in [2.05, 4.69) is 15.1 Å². The third-order valence-electron chi connectivity index (χ3n) is 7.40. The Kier molecular flexibility index (Phi) is 8.38. The van der Waals surface area contributed by atoms with Gasteiger partial charge in [-0.25, -0.2) is 4.39 Å². The van der Waals surface area contributed by atoms with Crippen LogP contribution in [0.1, 0.15) is 51.4 Å². The summed E-state index contributed by atoms with van der Waals surface area (Å²) >= 11 is 0. The first-order valence-corrected chi connectivity index (χ1v) is 12.4. The molecule has 3 fully saturated rings. The van der Waals surface area contributed by atoms with Gasteiger partial charge in [-0.05, 0) is 56.5 Å². The molecule has 0 spiro atoms. The van der Waals surface area contributed by atoms with Gasteiger partial charge in [0.15, 0.2) is 0 Å². The molecule has 0 aromatic heterocycles. The summed E-state index contributed by atoms with van der Waals surface area (Å²) in [4.78, 5) is 17.6. The quantitative estimate of drug-likeness (QED) is 0.558. The average molecular weight is 448 g/mol. The Morgan fingerprint density at radius 3 is 2.59 bits per heavy atom. The largest absolute Gasteiger partial charge is 0.492 e. The van der Waals surface area contributed by atoms with E-state index in [1.807, 2.05) is 0 Å². The molecule has 1 amide bonds. The van der Waals surface area contributed by atoms with Gasteiger partial charge in [0.25, 0.3) is 0 Å². The van der Waals surface area contributed by atoms with Crippen LogP contribution in [0.25, 0.3) is 0 Å². The molecule has 3 aliphatic rings. The molecule has 2 saturated heterocycles. The van der Waals surface area contributed by atoms with E-state index in [1.165, 1.54) is 44.2 Å². The Balaban J connectivity index is 1.24. The highest BCUT2D eigenvalue weighted by Gasteiger charge is 2.43. The Labute approximate surface area is 191 Å². The van der Waals surface area contributed by atoms with Crippen LogP contribution in [-0.2, 0) is 9.53 Å². The van der Waals surface area contributed by atoms with Crippen molar-refractivity contribution in [2.45, 2.75) is 62.9 Å². The van der Waals surface area contributed by atoms with E-state index in [0.717, 1.165) is 58.8 Å². The van der Waals surface area contributed by atoms with Gasteiger partial charge in [0, 0.05) is 44.2 Å². The van der Waals surface area contributed by atoms with E-state index in [9.17, 15) is 9.18 Å². The molecular weight excluding hydrogens is 409 g/mol. The molecule has 1 aromatic rings. The summed E-state index contributed by atoms with van der Waals surface area (Å²) in [5.41, 5.74) is 0.136. The number of morpholine rings is 1. The fourth-order valence-electron chi connectivity index (χ4n) is 5.62. The van der Waals surface area contributed by atoms with E-state index >= 15 is 0 Å². The van der Waals surface area contributed by atoms with Crippen LogP contribution in [0.2, 0.25) is 0 Å². The Morgan fingerprint density at radius 1 is 1.09 bits per heavy atom. The highest BCUT2D eigenvalue weighted by Crippen LogP contribution is 2.37. The fourth-order valence-corrected chi connectivity index (χ4v) is 5.62. The van der Waals surface area contributed by atoms with Gasteiger partial charge in [0.1, 0.15) is 18.2 Å². The molecule has 1 N–H and O–H groups in total. The number of nitrogens with one attached hydrogen (secondary N) is 1. The SMILES string of the molecule is O=C1CC[C@@H](CCNCCOc2ccc(F)cc2)N1CC1(N2CCOCC2)CCCCC1. The third kappa shape index (κ3) is 6.00. The zero-order chi connectivity index (χ0) is 22.2. The summed E-state index contributed by atoms with van der Waals surface area (Å²) in [5.74, 6) is 0.754. The average Bonchev–Trinajstić information content (AvgIpc) is 3.17. The predicted octanol–water partition coefficient (Wildman–Crippen LogP) is 3.21. The molecule has 32 heavy (non-hydrogen) atoms. The first kappa shape index (κ1) is 23.5. The molecule has 2 heterocycles. The standard InChI is InChI=1S/C25H38FN3O3/c26-21-4-7-23(8-5-21)32-17-14-27-13-10-22-6-9-24(30)29(22)20-25(11-2-1-3-12-25)28-15-18-31-19-16-28/h4-5,7-8,22,27H,1-3,6,9-20H2/t22-/m0/s1. The third-order valence-corrected chi connectivity index (χ3v) is 7.40. The molecule has 7 heteroatoms. The van der Waals surface area contributed by atoms with Crippen LogP contribution in [0.5, 0.6) is 5.75 Å². The second kappa shape index (κ2) is 11.4. The number of carbonyl (C=O) groups is 1. The van der Waals surface area contributed by atoms with Crippen molar-refractivity contribution < 1.29 is 18.7 Å². The van der Waals surface area contributed by atoms with Gasteiger partial charge in [0.2, 0.25) is 5.91 Å². The minimum Gasteiger partial charge on any atom is -0.492 e. The molecule has 0 unspecified atom stereocenters. The van der Waals surface area contributed by atoms with Crippen molar-refractivity contribution in [3.05, 3.63) is 30.1 Å². The van der Waals surface area contributed by atoms with Gasteiger partial charge >= 0.3 is 0 Å². The zero-order valence-corrected chi connectivity index (χ0v) is 19.2. The topological polar surface area (TPSA) is 54.0 Å². The number of hydrogen-bond acceptors (Lipinski definition) is 5. The van der Waals surface area contributed by atoms with Gasteiger partial charge in [-0.2, -0.15) is 0 Å². The highest BCUT2D eigenvalue weighted by atomic mass is 19.1. The smallest absolute Gasteiger partial charge is 0.222 e. The number of halogens is 1. The highest BCUT2D eigenvalue weighted by molar-refractivity contribution is 5.78. The lowest BCUT2D eigenvalue weighted by molar-refractivity contribution is -0.133. The normalized spacial score (nSPS) is 24.1. The first-order valence-electron chi connectivity index (χ1n) is 12.4. The van der Waals surface area contributed by atoms with Crippen LogP contribution in [0.3, 0.4) is 0 Å². The van der Waals surface area contributed by atoms with Gasteiger partial charge < -0.3 is 19.7 Å². The Hall–Kier alpha value is -1.70. The molecule has 0 bridgehead atoms. The molecule has 1 atom stereocenters. The van der Waals surface area contributed by atoms with Crippen LogP contribution >= 0.6 is 0 Å². The van der Waals surface area contributed by atoms with Crippen LogP contribution in [-0.4, -0.2) is 79.8 Å². The molecule has 178 valence electrons. The summed E-state index contributed by atoms with van der Waals surface area (Å²) in [5, 5.41) is 3.44. The van der Waals surface area contributed by atoms with Gasteiger partial charge in [-0.15, -0.1) is 0 Å². The lowest BCUT2D eigenvalue weighted by atomic mass is 9.79. The second-order valence-corrected chi connectivity index (χ2v) is 9.44. The number of likely N-dealkylation sites (tertiary alicyclic amines) is 1. The maximum atomic E-state index is 13.0. The first-order chi connectivity index (χ1) is 15.7. The molecule has 2 aliphatic heterocycles. The van der Waals surface area contributed by atoms with Gasteiger partial charge in [-0.3, -0.25) is 9.69 Å². The van der Waals surface area contributed by atoms with E-state index in [4.69, 9.17) is 9.47 Å². The van der Waals surface area contributed by atoms with Gasteiger partial charge in [0.05, 0.1) is 13.2 Å². The molecule has 0 radical (unpaired) electrons. The number of carbonyl (C=O) groups excluding carboxylic acids is 1. The number of benzene rings is 1. The van der Waals surface area contributed by atoms with Crippen LogP contribution in [0.15, 0.2) is 24.3 Å². The number of ether oxygens (including phenoxy) is 2. The molecule has 1 saturated carbocycles. The number of rotatable bonds is 10. The predicted molar refractivity (Wildman–Crippen MR) is 122 cm³/mol. The second-order valence-electron chi connectivity index (χ2n) is 9.44. The molecule has 4 rings (SSSR count). The maximum Gasteiger partial charge on any atom is 0.222 e.